The van der Waals surface area contributed by atoms with E-state index in [-0.39, 0.29) is 18.5 Å². The van der Waals surface area contributed by atoms with Gasteiger partial charge in [-0.15, -0.1) is 5.10 Å². The Kier molecular flexibility index (Phi) is 4.57. The average molecular weight is 344 g/mol. The second-order valence-corrected chi connectivity index (χ2v) is 5.70. The van der Waals surface area contributed by atoms with Gasteiger partial charge in [0.15, 0.2) is 0 Å². The minimum atomic E-state index is -0.496. The number of ether oxygens (including phenoxy) is 1. The summed E-state index contributed by atoms with van der Waals surface area (Å²) in [5.41, 5.74) is 1.16. The summed E-state index contributed by atoms with van der Waals surface area (Å²) < 4.78 is 6.39. The Bertz CT molecular complexity index is 969. The Morgan fingerprint density at radius 3 is 2.88 bits per heavy atom. The summed E-state index contributed by atoms with van der Waals surface area (Å²) in [4.78, 5) is 24.3. The summed E-state index contributed by atoms with van der Waals surface area (Å²) in [7, 11) is 0. The van der Waals surface area contributed by atoms with Gasteiger partial charge in [0.05, 0.1) is 23.4 Å². The summed E-state index contributed by atoms with van der Waals surface area (Å²) in [5.74, 6) is -0.192. The van der Waals surface area contributed by atoms with Gasteiger partial charge < -0.3 is 4.74 Å². The number of halogens is 1. The zero-order valence-electron chi connectivity index (χ0n) is 12.9. The molecule has 0 aliphatic heterocycles. The topological polar surface area (TPSA) is 74.1 Å². The van der Waals surface area contributed by atoms with Gasteiger partial charge in [-0.05, 0) is 36.8 Å². The number of nitrogens with zero attached hydrogens (tertiary/aromatic N) is 3. The molecule has 0 saturated heterocycles. The third-order valence-electron chi connectivity index (χ3n) is 3.47. The first kappa shape index (κ1) is 16.1. The van der Waals surface area contributed by atoms with Gasteiger partial charge in [0.2, 0.25) is 0 Å². The van der Waals surface area contributed by atoms with Gasteiger partial charge in [0.25, 0.3) is 5.56 Å². The van der Waals surface area contributed by atoms with Crippen LogP contribution >= 0.6 is 11.6 Å². The number of rotatable bonds is 4. The quantitative estimate of drug-likeness (QED) is 0.538. The Labute approximate surface area is 142 Å². The largest absolute Gasteiger partial charge is 0.425 e. The van der Waals surface area contributed by atoms with E-state index in [1.54, 1.807) is 36.4 Å². The summed E-state index contributed by atoms with van der Waals surface area (Å²) >= 11 is 5.99. The van der Waals surface area contributed by atoms with Crippen LogP contribution in [0.25, 0.3) is 10.9 Å². The van der Waals surface area contributed by atoms with Gasteiger partial charge >= 0.3 is 5.97 Å². The molecule has 0 amide bonds. The van der Waals surface area contributed by atoms with E-state index >= 15 is 0 Å². The molecule has 0 aliphatic carbocycles. The number of hydrogen-bond donors (Lipinski definition) is 0. The molecule has 0 unspecified atom stereocenters. The van der Waals surface area contributed by atoms with Crippen molar-refractivity contribution in [3.8, 4) is 5.75 Å². The van der Waals surface area contributed by atoms with Crippen molar-refractivity contribution in [1.29, 1.82) is 0 Å². The predicted molar refractivity (Wildman–Crippen MR) is 90.2 cm³/mol. The van der Waals surface area contributed by atoms with E-state index in [9.17, 15) is 9.59 Å². The van der Waals surface area contributed by atoms with E-state index in [2.05, 4.69) is 10.3 Å². The Balaban J connectivity index is 1.71. The Morgan fingerprint density at radius 2 is 2.04 bits per heavy atom. The highest BCUT2D eigenvalue weighted by Crippen LogP contribution is 2.25. The normalized spacial score (nSPS) is 10.8. The number of carbonyl (C=O) groups excluding carboxylic acids is 1. The second kappa shape index (κ2) is 6.80. The monoisotopic (exact) mass is 343 g/mol. The summed E-state index contributed by atoms with van der Waals surface area (Å²) in [6, 6.07) is 12.1. The van der Waals surface area contributed by atoms with Crippen molar-refractivity contribution < 1.29 is 9.53 Å². The van der Waals surface area contributed by atoms with Crippen LogP contribution < -0.4 is 10.3 Å². The number of aromatic nitrogens is 3. The van der Waals surface area contributed by atoms with Crippen molar-refractivity contribution in [2.75, 3.05) is 0 Å². The number of hydrogen-bond acceptors (Lipinski definition) is 5. The summed E-state index contributed by atoms with van der Waals surface area (Å²) in [6.07, 6.45) is -0.0167. The molecule has 3 aromatic rings. The fraction of sp³-hybridized carbons (Fsp3) is 0.176. The van der Waals surface area contributed by atoms with Crippen molar-refractivity contribution in [3.63, 3.8) is 0 Å². The summed E-state index contributed by atoms with van der Waals surface area (Å²) in [6.45, 7) is 1.96. The molecular formula is C17H14ClN3O3. The molecule has 2 aromatic carbocycles. The molecule has 3 rings (SSSR count). The van der Waals surface area contributed by atoms with E-state index in [1.165, 1.54) is 0 Å². The molecule has 0 bridgehead atoms. The minimum absolute atomic E-state index is 0.0167. The zero-order valence-corrected chi connectivity index (χ0v) is 13.7. The highest BCUT2D eigenvalue weighted by atomic mass is 35.5. The molecule has 0 radical (unpaired) electrons. The number of carbonyl (C=O) groups is 1. The van der Waals surface area contributed by atoms with Crippen LogP contribution in [0.5, 0.6) is 5.75 Å². The first-order valence-electron chi connectivity index (χ1n) is 7.34. The smallest absolute Gasteiger partial charge is 0.313 e. The van der Waals surface area contributed by atoms with E-state index < -0.39 is 5.97 Å². The molecule has 0 aliphatic rings. The lowest BCUT2D eigenvalue weighted by Gasteiger charge is -2.08. The van der Waals surface area contributed by atoms with Gasteiger partial charge in [0, 0.05) is 0 Å². The van der Waals surface area contributed by atoms with Gasteiger partial charge in [-0.3, -0.25) is 9.59 Å². The van der Waals surface area contributed by atoms with Gasteiger partial charge in [-0.1, -0.05) is 35.0 Å². The molecule has 7 heteroatoms. The molecule has 0 saturated carbocycles. The van der Waals surface area contributed by atoms with E-state index in [0.717, 1.165) is 10.2 Å². The van der Waals surface area contributed by atoms with Crippen molar-refractivity contribution in [2.45, 2.75) is 19.9 Å². The maximum Gasteiger partial charge on any atom is 0.313 e. The fourth-order valence-electron chi connectivity index (χ4n) is 2.23. The van der Waals surface area contributed by atoms with E-state index in [4.69, 9.17) is 16.3 Å². The highest BCUT2D eigenvalue weighted by Gasteiger charge is 2.11. The van der Waals surface area contributed by atoms with Crippen molar-refractivity contribution in [3.05, 3.63) is 63.4 Å². The first-order valence-corrected chi connectivity index (χ1v) is 7.72. The molecule has 0 atom stereocenters. The highest BCUT2D eigenvalue weighted by molar-refractivity contribution is 6.32. The SMILES string of the molecule is Cc1ccc(Cl)c(OC(=O)CCn2nnc3ccccc3c2=O)c1. The second-order valence-electron chi connectivity index (χ2n) is 5.29. The third-order valence-corrected chi connectivity index (χ3v) is 3.78. The zero-order chi connectivity index (χ0) is 17.1. The van der Waals surface area contributed by atoms with Crippen LogP contribution in [-0.4, -0.2) is 21.0 Å². The van der Waals surface area contributed by atoms with Crippen LogP contribution in [-0.2, 0) is 11.3 Å². The molecule has 1 heterocycles. The van der Waals surface area contributed by atoms with Crippen LogP contribution in [0, 0.1) is 6.92 Å². The van der Waals surface area contributed by atoms with Crippen LogP contribution in [0.2, 0.25) is 5.02 Å². The van der Waals surface area contributed by atoms with E-state index in [1.807, 2.05) is 13.0 Å². The maximum absolute atomic E-state index is 12.3. The first-order chi connectivity index (χ1) is 11.5. The van der Waals surface area contributed by atoms with Crippen LogP contribution in [0.4, 0.5) is 0 Å². The third kappa shape index (κ3) is 3.44. The molecule has 1 aromatic heterocycles. The van der Waals surface area contributed by atoms with E-state index in [0.29, 0.717) is 21.7 Å². The minimum Gasteiger partial charge on any atom is -0.425 e. The molecule has 24 heavy (non-hydrogen) atoms. The van der Waals surface area contributed by atoms with Gasteiger partial charge in [0.1, 0.15) is 11.3 Å². The Morgan fingerprint density at radius 1 is 1.25 bits per heavy atom. The van der Waals surface area contributed by atoms with Crippen molar-refractivity contribution in [1.82, 2.24) is 15.0 Å². The molecule has 0 N–H and O–H groups in total. The number of esters is 1. The number of fused-ring (bicyclic) bond motifs is 1. The van der Waals surface area contributed by atoms with Crippen LogP contribution in [0.1, 0.15) is 12.0 Å². The van der Waals surface area contributed by atoms with Gasteiger partial charge in [-0.25, -0.2) is 4.68 Å². The predicted octanol–water partition coefficient (Wildman–Crippen LogP) is 2.75. The fourth-order valence-corrected chi connectivity index (χ4v) is 2.39. The number of aryl methyl sites for hydroxylation is 2. The molecule has 0 spiro atoms. The summed E-state index contributed by atoms with van der Waals surface area (Å²) in [5, 5.41) is 8.63. The molecule has 122 valence electrons. The standard InChI is InChI=1S/C17H14ClN3O3/c1-11-6-7-13(18)15(10-11)24-16(22)8-9-21-17(23)12-4-2-3-5-14(12)19-20-21/h2-7,10H,8-9H2,1H3. The molecule has 6 nitrogen and oxygen atoms in total. The molecular weight excluding hydrogens is 330 g/mol. The lowest BCUT2D eigenvalue weighted by atomic mass is 10.2. The lowest BCUT2D eigenvalue weighted by Crippen LogP contribution is -2.26. The Hall–Kier alpha value is -2.73. The molecule has 0 fully saturated rings. The number of benzene rings is 2. The van der Waals surface area contributed by atoms with Crippen molar-refractivity contribution >= 4 is 28.5 Å². The van der Waals surface area contributed by atoms with Crippen LogP contribution in [0.15, 0.2) is 47.3 Å². The van der Waals surface area contributed by atoms with Crippen LogP contribution in [0.3, 0.4) is 0 Å². The van der Waals surface area contributed by atoms with Crippen molar-refractivity contribution in [2.24, 2.45) is 0 Å². The lowest BCUT2D eigenvalue weighted by molar-refractivity contribution is -0.134. The van der Waals surface area contributed by atoms with Gasteiger partial charge in [-0.2, -0.15) is 0 Å². The maximum atomic E-state index is 12.3. The average Bonchev–Trinajstić information content (AvgIpc) is 2.58.